The molecule has 0 aromatic heterocycles. The number of anilines is 1. The maximum Gasteiger partial charge on any atom is 0.417 e. The lowest BCUT2D eigenvalue weighted by Crippen LogP contribution is -2.42. The first-order valence-corrected chi connectivity index (χ1v) is 11.5. The standard InChI is InChI=1S/C24H21ClN2O5S/c1-33-18-12-8-16(9-13-18)26-24(31)32-17-10-6-15(7-11-17)14-21(23(29)30)27-22(28)19-4-2-3-5-20(19)25/h2-13,21H,14H2,1H3,(H,26,31)(H,27,28)(H,29,30). The normalized spacial score (nSPS) is 11.3. The van der Waals surface area contributed by atoms with Crippen LogP contribution >= 0.6 is 23.4 Å². The minimum absolute atomic E-state index is 0.0415. The van der Waals surface area contributed by atoms with E-state index in [1.807, 2.05) is 18.4 Å². The highest BCUT2D eigenvalue weighted by Gasteiger charge is 2.22. The smallest absolute Gasteiger partial charge is 0.417 e. The fourth-order valence-electron chi connectivity index (χ4n) is 2.94. The highest BCUT2D eigenvalue weighted by Crippen LogP contribution is 2.19. The molecular weight excluding hydrogens is 464 g/mol. The van der Waals surface area contributed by atoms with Gasteiger partial charge in [0.05, 0.1) is 10.6 Å². The number of nitrogens with one attached hydrogen (secondary N) is 2. The zero-order valence-corrected chi connectivity index (χ0v) is 19.2. The number of hydrogen-bond donors (Lipinski definition) is 3. The summed E-state index contributed by atoms with van der Waals surface area (Å²) in [4.78, 5) is 37.2. The van der Waals surface area contributed by atoms with E-state index in [4.69, 9.17) is 16.3 Å². The van der Waals surface area contributed by atoms with E-state index in [9.17, 15) is 19.5 Å². The monoisotopic (exact) mass is 484 g/mol. The van der Waals surface area contributed by atoms with Crippen molar-refractivity contribution in [1.29, 1.82) is 0 Å². The SMILES string of the molecule is CSc1ccc(NC(=O)Oc2ccc(CC(NC(=O)c3ccccc3Cl)C(=O)O)cc2)cc1. The largest absolute Gasteiger partial charge is 0.480 e. The molecule has 0 radical (unpaired) electrons. The van der Waals surface area contributed by atoms with Crippen LogP contribution in [0.5, 0.6) is 5.75 Å². The van der Waals surface area contributed by atoms with E-state index in [0.717, 1.165) is 4.90 Å². The van der Waals surface area contributed by atoms with Crippen LogP contribution in [0.25, 0.3) is 0 Å². The van der Waals surface area contributed by atoms with Crippen LogP contribution in [0, 0.1) is 0 Å². The van der Waals surface area contributed by atoms with Gasteiger partial charge in [0.2, 0.25) is 0 Å². The minimum Gasteiger partial charge on any atom is -0.480 e. The molecule has 2 amide bonds. The van der Waals surface area contributed by atoms with Gasteiger partial charge in [-0.15, -0.1) is 11.8 Å². The molecule has 0 heterocycles. The molecule has 9 heteroatoms. The molecule has 3 N–H and O–H groups in total. The van der Waals surface area contributed by atoms with Gasteiger partial charge in [-0.05, 0) is 60.4 Å². The van der Waals surface area contributed by atoms with Crippen molar-refractivity contribution in [3.8, 4) is 5.75 Å². The van der Waals surface area contributed by atoms with Crippen LogP contribution in [0.3, 0.4) is 0 Å². The van der Waals surface area contributed by atoms with E-state index in [0.29, 0.717) is 17.0 Å². The number of carbonyl (C=O) groups excluding carboxylic acids is 2. The van der Waals surface area contributed by atoms with Crippen LogP contribution in [0.4, 0.5) is 10.5 Å². The second-order valence-electron chi connectivity index (χ2n) is 6.94. The maximum absolute atomic E-state index is 12.4. The van der Waals surface area contributed by atoms with Crippen molar-refractivity contribution in [2.45, 2.75) is 17.4 Å². The van der Waals surface area contributed by atoms with E-state index < -0.39 is 24.0 Å². The number of aliphatic carboxylic acids is 1. The van der Waals surface area contributed by atoms with Crippen molar-refractivity contribution in [3.63, 3.8) is 0 Å². The van der Waals surface area contributed by atoms with Gasteiger partial charge in [0.15, 0.2) is 0 Å². The average Bonchev–Trinajstić information content (AvgIpc) is 2.80. The Labute approximate surface area is 200 Å². The maximum atomic E-state index is 12.4. The van der Waals surface area contributed by atoms with Crippen molar-refractivity contribution in [2.24, 2.45) is 0 Å². The summed E-state index contributed by atoms with van der Waals surface area (Å²) >= 11 is 7.61. The molecule has 1 unspecified atom stereocenters. The second-order valence-corrected chi connectivity index (χ2v) is 8.22. The first-order valence-electron chi connectivity index (χ1n) is 9.85. The third-order valence-corrected chi connectivity index (χ3v) is 5.71. The number of hydrogen-bond acceptors (Lipinski definition) is 5. The predicted octanol–water partition coefficient (Wildman–Crippen LogP) is 5.10. The Morgan fingerprint density at radius 2 is 1.67 bits per heavy atom. The molecule has 0 aliphatic rings. The first-order chi connectivity index (χ1) is 15.9. The fraction of sp³-hybridized carbons (Fsp3) is 0.125. The molecule has 0 aliphatic carbocycles. The molecule has 7 nitrogen and oxygen atoms in total. The van der Waals surface area contributed by atoms with E-state index in [2.05, 4.69) is 10.6 Å². The molecule has 0 saturated carbocycles. The summed E-state index contributed by atoms with van der Waals surface area (Å²) in [6.45, 7) is 0. The highest BCUT2D eigenvalue weighted by molar-refractivity contribution is 7.98. The van der Waals surface area contributed by atoms with Crippen LogP contribution in [0.2, 0.25) is 5.02 Å². The zero-order chi connectivity index (χ0) is 23.8. The van der Waals surface area contributed by atoms with E-state index in [1.165, 1.54) is 6.07 Å². The average molecular weight is 485 g/mol. The van der Waals surface area contributed by atoms with Crippen molar-refractivity contribution in [3.05, 3.63) is 88.9 Å². The summed E-state index contributed by atoms with van der Waals surface area (Å²) in [6.07, 6.45) is 1.36. The number of rotatable bonds is 8. The van der Waals surface area contributed by atoms with Gasteiger partial charge < -0.3 is 15.2 Å². The van der Waals surface area contributed by atoms with E-state index in [-0.39, 0.29) is 17.0 Å². The van der Waals surface area contributed by atoms with Crippen molar-refractivity contribution >= 4 is 47.0 Å². The summed E-state index contributed by atoms with van der Waals surface area (Å²) in [7, 11) is 0. The van der Waals surface area contributed by atoms with Gasteiger partial charge >= 0.3 is 12.1 Å². The zero-order valence-electron chi connectivity index (χ0n) is 17.6. The van der Waals surface area contributed by atoms with Gasteiger partial charge in [0.1, 0.15) is 11.8 Å². The molecule has 0 fully saturated rings. The summed E-state index contributed by atoms with van der Waals surface area (Å²) in [5.41, 5.74) is 1.44. The molecule has 0 saturated heterocycles. The van der Waals surface area contributed by atoms with Gasteiger partial charge in [-0.25, -0.2) is 9.59 Å². The quantitative estimate of drug-likeness (QED) is 0.384. The van der Waals surface area contributed by atoms with E-state index in [1.54, 1.807) is 66.4 Å². The van der Waals surface area contributed by atoms with Gasteiger partial charge in [0, 0.05) is 17.0 Å². The molecule has 3 aromatic carbocycles. The minimum atomic E-state index is -1.18. The van der Waals surface area contributed by atoms with Crippen LogP contribution < -0.4 is 15.4 Å². The lowest BCUT2D eigenvalue weighted by Gasteiger charge is -2.15. The van der Waals surface area contributed by atoms with Crippen LogP contribution in [-0.2, 0) is 11.2 Å². The topological polar surface area (TPSA) is 105 Å². The Kier molecular flexibility index (Phi) is 8.34. The Hall–Kier alpha value is -3.49. The van der Waals surface area contributed by atoms with Crippen molar-refractivity contribution < 1.29 is 24.2 Å². The number of carboxylic acids is 1. The lowest BCUT2D eigenvalue weighted by atomic mass is 10.1. The summed E-state index contributed by atoms with van der Waals surface area (Å²) in [5.74, 6) is -1.46. The third-order valence-electron chi connectivity index (χ3n) is 4.63. The summed E-state index contributed by atoms with van der Waals surface area (Å²) < 4.78 is 5.26. The molecule has 1 atom stereocenters. The van der Waals surface area contributed by atoms with Crippen molar-refractivity contribution in [1.82, 2.24) is 5.32 Å². The Morgan fingerprint density at radius 3 is 2.27 bits per heavy atom. The number of thioether (sulfide) groups is 1. The molecule has 3 aromatic rings. The molecule has 0 spiro atoms. The molecule has 0 aliphatic heterocycles. The van der Waals surface area contributed by atoms with Crippen LogP contribution in [0.1, 0.15) is 15.9 Å². The van der Waals surface area contributed by atoms with Gasteiger partial charge in [0.25, 0.3) is 5.91 Å². The van der Waals surface area contributed by atoms with Gasteiger partial charge in [-0.3, -0.25) is 10.1 Å². The van der Waals surface area contributed by atoms with Gasteiger partial charge in [-0.2, -0.15) is 0 Å². The molecular formula is C24H21ClN2O5S. The number of carbonyl (C=O) groups is 3. The Bertz CT molecular complexity index is 1140. The molecule has 0 bridgehead atoms. The number of amides is 2. The van der Waals surface area contributed by atoms with Crippen LogP contribution in [-0.4, -0.2) is 35.4 Å². The number of ether oxygens (including phenoxy) is 1. The Balaban J connectivity index is 1.58. The summed E-state index contributed by atoms with van der Waals surface area (Å²) in [6, 6.07) is 18.9. The van der Waals surface area contributed by atoms with E-state index >= 15 is 0 Å². The Morgan fingerprint density at radius 1 is 1.00 bits per heavy atom. The molecule has 33 heavy (non-hydrogen) atoms. The van der Waals surface area contributed by atoms with Crippen molar-refractivity contribution in [2.75, 3.05) is 11.6 Å². The first kappa shape index (κ1) is 24.2. The van der Waals surface area contributed by atoms with Gasteiger partial charge in [-0.1, -0.05) is 35.9 Å². The molecule has 170 valence electrons. The molecule has 3 rings (SSSR count). The third kappa shape index (κ3) is 7.00. The second kappa shape index (κ2) is 11.4. The number of halogens is 1. The number of carboxylic acid groups (broad SMARTS) is 1. The fourth-order valence-corrected chi connectivity index (χ4v) is 3.57. The lowest BCUT2D eigenvalue weighted by molar-refractivity contribution is -0.139. The predicted molar refractivity (Wildman–Crippen MR) is 128 cm³/mol. The van der Waals surface area contributed by atoms with Crippen LogP contribution in [0.15, 0.2) is 77.7 Å². The highest BCUT2D eigenvalue weighted by atomic mass is 35.5. The summed E-state index contributed by atoms with van der Waals surface area (Å²) in [5, 5.41) is 14.9. The number of benzene rings is 3.